The molecule has 0 spiro atoms. The Morgan fingerprint density at radius 2 is 1.96 bits per heavy atom. The van der Waals surface area contributed by atoms with E-state index in [1.807, 2.05) is 24.3 Å². The lowest BCUT2D eigenvalue weighted by atomic mass is 10.1. The van der Waals surface area contributed by atoms with Crippen molar-refractivity contribution in [2.75, 3.05) is 5.32 Å². The zero-order valence-corrected chi connectivity index (χ0v) is 15.4. The number of para-hydroxylation sites is 1. The maximum absolute atomic E-state index is 12.6. The van der Waals surface area contributed by atoms with Crippen LogP contribution in [0.3, 0.4) is 0 Å². The number of halogens is 1. The van der Waals surface area contributed by atoms with Crippen LogP contribution in [0, 0.1) is 17.0 Å². The highest BCUT2D eigenvalue weighted by Crippen LogP contribution is 2.24. The van der Waals surface area contributed by atoms with E-state index in [0.29, 0.717) is 17.9 Å². The maximum atomic E-state index is 12.6. The van der Waals surface area contributed by atoms with Crippen LogP contribution in [0.25, 0.3) is 0 Å². The molecular formula is C18H15BrN4O3. The summed E-state index contributed by atoms with van der Waals surface area (Å²) < 4.78 is 2.60. The summed E-state index contributed by atoms with van der Waals surface area (Å²) in [4.78, 5) is 23.3. The minimum atomic E-state index is -0.544. The molecule has 2 aromatic carbocycles. The van der Waals surface area contributed by atoms with E-state index in [1.54, 1.807) is 36.0 Å². The third kappa shape index (κ3) is 3.80. The van der Waals surface area contributed by atoms with Gasteiger partial charge in [0.2, 0.25) is 0 Å². The third-order valence-electron chi connectivity index (χ3n) is 3.87. The number of benzene rings is 2. The SMILES string of the molecule is Cc1cccc(C(=O)Nc2ccnn2Cc2ccc(Br)cc2)c1[N+](=O)[O-]. The first-order valence-electron chi connectivity index (χ1n) is 7.77. The zero-order valence-electron chi connectivity index (χ0n) is 13.8. The van der Waals surface area contributed by atoms with E-state index in [2.05, 4.69) is 26.3 Å². The van der Waals surface area contributed by atoms with Crippen LogP contribution in [-0.2, 0) is 6.54 Å². The molecule has 1 aromatic heterocycles. The lowest BCUT2D eigenvalue weighted by molar-refractivity contribution is -0.385. The van der Waals surface area contributed by atoms with Crippen LogP contribution in [0.5, 0.6) is 0 Å². The molecule has 1 amide bonds. The third-order valence-corrected chi connectivity index (χ3v) is 4.40. The fourth-order valence-electron chi connectivity index (χ4n) is 2.60. The average Bonchev–Trinajstić information content (AvgIpc) is 3.03. The van der Waals surface area contributed by atoms with Gasteiger partial charge in [-0.25, -0.2) is 4.68 Å². The van der Waals surface area contributed by atoms with E-state index in [1.165, 1.54) is 6.07 Å². The summed E-state index contributed by atoms with van der Waals surface area (Å²) in [5.74, 6) is -0.0771. The summed E-state index contributed by atoms with van der Waals surface area (Å²) in [7, 11) is 0. The van der Waals surface area contributed by atoms with Gasteiger partial charge < -0.3 is 5.32 Å². The standard InChI is InChI=1S/C18H15BrN4O3/c1-12-3-2-4-15(17(12)23(25)26)18(24)21-16-9-10-20-22(16)11-13-5-7-14(19)8-6-13/h2-10H,11H2,1H3,(H,21,24). The van der Waals surface area contributed by atoms with Crippen molar-refractivity contribution in [1.82, 2.24) is 9.78 Å². The van der Waals surface area contributed by atoms with Gasteiger partial charge >= 0.3 is 0 Å². The molecule has 3 rings (SSSR count). The Morgan fingerprint density at radius 3 is 2.65 bits per heavy atom. The molecule has 132 valence electrons. The molecule has 0 unspecified atom stereocenters. The first kappa shape index (κ1) is 17.8. The van der Waals surface area contributed by atoms with Crippen molar-refractivity contribution in [3.8, 4) is 0 Å². The molecule has 0 saturated carbocycles. The van der Waals surface area contributed by atoms with Gasteiger partial charge in [0, 0.05) is 16.1 Å². The van der Waals surface area contributed by atoms with Crippen LogP contribution in [0.4, 0.5) is 11.5 Å². The van der Waals surface area contributed by atoms with Crippen LogP contribution in [-0.4, -0.2) is 20.6 Å². The van der Waals surface area contributed by atoms with Crippen LogP contribution in [0.2, 0.25) is 0 Å². The summed E-state index contributed by atoms with van der Waals surface area (Å²) in [6, 6.07) is 14.1. The molecule has 0 atom stereocenters. The number of nitro groups is 1. The average molecular weight is 415 g/mol. The molecule has 0 bridgehead atoms. The van der Waals surface area contributed by atoms with Gasteiger partial charge in [0.05, 0.1) is 17.7 Å². The quantitative estimate of drug-likeness (QED) is 0.501. The summed E-state index contributed by atoms with van der Waals surface area (Å²) in [5, 5.41) is 18.2. The number of carbonyl (C=O) groups excluding carboxylic acids is 1. The maximum Gasteiger partial charge on any atom is 0.285 e. The predicted octanol–water partition coefficient (Wildman–Crippen LogP) is 4.16. The number of nitro benzene ring substituents is 1. The van der Waals surface area contributed by atoms with E-state index >= 15 is 0 Å². The number of rotatable bonds is 5. The van der Waals surface area contributed by atoms with Crippen LogP contribution in [0.1, 0.15) is 21.5 Å². The Bertz CT molecular complexity index is 967. The minimum Gasteiger partial charge on any atom is -0.307 e. The van der Waals surface area contributed by atoms with Gasteiger partial charge in [-0.1, -0.05) is 40.2 Å². The molecule has 8 heteroatoms. The van der Waals surface area contributed by atoms with Gasteiger partial charge in [0.1, 0.15) is 11.4 Å². The second-order valence-corrected chi connectivity index (χ2v) is 6.60. The van der Waals surface area contributed by atoms with Crippen molar-refractivity contribution < 1.29 is 9.72 Å². The van der Waals surface area contributed by atoms with Crippen LogP contribution >= 0.6 is 15.9 Å². The summed E-state index contributed by atoms with van der Waals surface area (Å²) in [5.41, 5.74) is 1.27. The van der Waals surface area contributed by atoms with Gasteiger partial charge in [0.25, 0.3) is 11.6 Å². The highest BCUT2D eigenvalue weighted by atomic mass is 79.9. The van der Waals surface area contributed by atoms with Crippen molar-refractivity contribution in [3.63, 3.8) is 0 Å². The minimum absolute atomic E-state index is 0.0198. The molecule has 0 saturated heterocycles. The highest BCUT2D eigenvalue weighted by molar-refractivity contribution is 9.10. The van der Waals surface area contributed by atoms with E-state index in [9.17, 15) is 14.9 Å². The van der Waals surface area contributed by atoms with E-state index in [4.69, 9.17) is 0 Å². The smallest absolute Gasteiger partial charge is 0.285 e. The van der Waals surface area contributed by atoms with Crippen molar-refractivity contribution in [3.05, 3.63) is 86.0 Å². The fourth-order valence-corrected chi connectivity index (χ4v) is 2.86. The van der Waals surface area contributed by atoms with Crippen molar-refractivity contribution in [2.24, 2.45) is 0 Å². The van der Waals surface area contributed by atoms with Gasteiger partial charge in [-0.3, -0.25) is 14.9 Å². The highest BCUT2D eigenvalue weighted by Gasteiger charge is 2.23. The Labute approximate surface area is 157 Å². The van der Waals surface area contributed by atoms with E-state index in [-0.39, 0.29) is 11.3 Å². The number of aryl methyl sites for hydroxylation is 1. The number of anilines is 1. The van der Waals surface area contributed by atoms with Crippen molar-refractivity contribution >= 4 is 33.3 Å². The lowest BCUT2D eigenvalue weighted by Crippen LogP contribution is -2.17. The molecule has 7 nitrogen and oxygen atoms in total. The number of carbonyl (C=O) groups is 1. The van der Waals surface area contributed by atoms with E-state index < -0.39 is 10.8 Å². The summed E-state index contributed by atoms with van der Waals surface area (Å²) in [6.07, 6.45) is 1.57. The Kier molecular flexibility index (Phi) is 5.13. The van der Waals surface area contributed by atoms with Gasteiger partial charge in [-0.2, -0.15) is 5.10 Å². The van der Waals surface area contributed by atoms with Crippen molar-refractivity contribution in [2.45, 2.75) is 13.5 Å². The Morgan fingerprint density at radius 1 is 1.23 bits per heavy atom. The van der Waals surface area contributed by atoms with Gasteiger partial charge in [-0.15, -0.1) is 0 Å². The molecule has 3 aromatic rings. The molecule has 0 aliphatic rings. The summed E-state index contributed by atoms with van der Waals surface area (Å²) in [6.45, 7) is 2.07. The lowest BCUT2D eigenvalue weighted by Gasteiger charge is -2.10. The van der Waals surface area contributed by atoms with Gasteiger partial charge in [0.15, 0.2) is 0 Å². The molecule has 0 radical (unpaired) electrons. The number of nitrogens with zero attached hydrogens (tertiary/aromatic N) is 3. The fraction of sp³-hybridized carbons (Fsp3) is 0.111. The Balaban J connectivity index is 1.84. The molecule has 0 fully saturated rings. The first-order chi connectivity index (χ1) is 12.5. The number of hydrogen-bond donors (Lipinski definition) is 1. The molecule has 1 N–H and O–H groups in total. The predicted molar refractivity (Wildman–Crippen MR) is 101 cm³/mol. The molecular weight excluding hydrogens is 400 g/mol. The number of hydrogen-bond acceptors (Lipinski definition) is 4. The Hall–Kier alpha value is -3.00. The molecule has 0 aliphatic carbocycles. The monoisotopic (exact) mass is 414 g/mol. The first-order valence-corrected chi connectivity index (χ1v) is 8.56. The zero-order chi connectivity index (χ0) is 18.7. The van der Waals surface area contributed by atoms with Crippen molar-refractivity contribution in [1.29, 1.82) is 0 Å². The second-order valence-electron chi connectivity index (χ2n) is 5.68. The second kappa shape index (κ2) is 7.49. The van der Waals surface area contributed by atoms with Crippen LogP contribution in [0.15, 0.2) is 59.2 Å². The topological polar surface area (TPSA) is 90.1 Å². The molecule has 1 heterocycles. The summed E-state index contributed by atoms with van der Waals surface area (Å²) >= 11 is 3.39. The van der Waals surface area contributed by atoms with Gasteiger partial charge in [-0.05, 0) is 30.7 Å². The molecule has 26 heavy (non-hydrogen) atoms. The molecule has 0 aliphatic heterocycles. The van der Waals surface area contributed by atoms with E-state index in [0.717, 1.165) is 10.0 Å². The number of nitrogens with one attached hydrogen (secondary N) is 1. The number of aromatic nitrogens is 2. The number of amides is 1. The largest absolute Gasteiger partial charge is 0.307 e. The normalized spacial score (nSPS) is 10.5. The van der Waals surface area contributed by atoms with Crippen LogP contribution < -0.4 is 5.32 Å².